The number of aromatic nitrogens is 2. The van der Waals surface area contributed by atoms with Crippen LogP contribution in [-0.4, -0.2) is 34.3 Å². The van der Waals surface area contributed by atoms with Crippen LogP contribution in [0, 0.1) is 20.8 Å². The third kappa shape index (κ3) is 3.67. The fourth-order valence-corrected chi connectivity index (χ4v) is 2.42. The molecule has 0 fully saturated rings. The summed E-state index contributed by atoms with van der Waals surface area (Å²) in [7, 11) is 3.75. The third-order valence-corrected chi connectivity index (χ3v) is 4.01. The van der Waals surface area contributed by atoms with E-state index < -0.39 is 0 Å². The second kappa shape index (κ2) is 6.64. The number of amides is 2. The van der Waals surface area contributed by atoms with Gasteiger partial charge >= 0.3 is 6.03 Å². The SMILES string of the molecule is Cc1ccc(NC(=O)N(C)CCc2c(C)nn(C)c2C)cc1. The highest BCUT2D eigenvalue weighted by Crippen LogP contribution is 2.13. The van der Waals surface area contributed by atoms with Crippen LogP contribution in [0.1, 0.15) is 22.5 Å². The normalized spacial score (nSPS) is 10.6. The largest absolute Gasteiger partial charge is 0.327 e. The molecule has 0 spiro atoms. The molecule has 5 heteroatoms. The molecule has 0 aliphatic carbocycles. The van der Waals surface area contributed by atoms with Crippen molar-refractivity contribution in [2.75, 3.05) is 18.9 Å². The van der Waals surface area contributed by atoms with Crippen LogP contribution in [0.3, 0.4) is 0 Å². The average molecular weight is 300 g/mol. The number of nitrogens with zero attached hydrogens (tertiary/aromatic N) is 3. The maximum atomic E-state index is 12.2. The highest BCUT2D eigenvalue weighted by Gasteiger charge is 2.13. The zero-order chi connectivity index (χ0) is 16.3. The number of carbonyl (C=O) groups excluding carboxylic acids is 1. The van der Waals surface area contributed by atoms with Crippen LogP contribution >= 0.6 is 0 Å². The molecule has 0 radical (unpaired) electrons. The molecule has 1 N–H and O–H groups in total. The first-order valence-electron chi connectivity index (χ1n) is 7.46. The zero-order valence-corrected chi connectivity index (χ0v) is 14.0. The van der Waals surface area contributed by atoms with Crippen molar-refractivity contribution in [2.45, 2.75) is 27.2 Å². The first kappa shape index (κ1) is 16.1. The van der Waals surface area contributed by atoms with E-state index in [4.69, 9.17) is 0 Å². The van der Waals surface area contributed by atoms with E-state index >= 15 is 0 Å². The fourth-order valence-electron chi connectivity index (χ4n) is 2.42. The summed E-state index contributed by atoms with van der Waals surface area (Å²) in [5.74, 6) is 0. The summed E-state index contributed by atoms with van der Waals surface area (Å²) in [6.07, 6.45) is 0.809. The smallest absolute Gasteiger partial charge is 0.321 e. The number of hydrogen-bond donors (Lipinski definition) is 1. The highest BCUT2D eigenvalue weighted by atomic mass is 16.2. The molecule has 0 bridgehead atoms. The van der Waals surface area contributed by atoms with Gasteiger partial charge in [-0.1, -0.05) is 17.7 Å². The number of anilines is 1. The highest BCUT2D eigenvalue weighted by molar-refractivity contribution is 5.89. The van der Waals surface area contributed by atoms with E-state index in [1.165, 1.54) is 11.1 Å². The third-order valence-electron chi connectivity index (χ3n) is 4.01. The number of nitrogens with one attached hydrogen (secondary N) is 1. The van der Waals surface area contributed by atoms with E-state index in [0.717, 1.165) is 23.5 Å². The molecule has 0 atom stereocenters. The Hall–Kier alpha value is -2.30. The van der Waals surface area contributed by atoms with Gasteiger partial charge < -0.3 is 10.2 Å². The van der Waals surface area contributed by atoms with E-state index in [9.17, 15) is 4.79 Å². The van der Waals surface area contributed by atoms with Gasteiger partial charge in [0.2, 0.25) is 0 Å². The van der Waals surface area contributed by atoms with Crippen molar-refractivity contribution in [1.29, 1.82) is 0 Å². The molecule has 2 amide bonds. The van der Waals surface area contributed by atoms with E-state index in [-0.39, 0.29) is 6.03 Å². The second-order valence-electron chi connectivity index (χ2n) is 5.74. The molecule has 118 valence electrons. The second-order valence-corrected chi connectivity index (χ2v) is 5.74. The minimum Gasteiger partial charge on any atom is -0.327 e. The van der Waals surface area contributed by atoms with Gasteiger partial charge in [0.25, 0.3) is 0 Å². The molecule has 0 unspecified atom stereocenters. The molecular formula is C17H24N4O. The molecule has 22 heavy (non-hydrogen) atoms. The number of aryl methyl sites for hydroxylation is 3. The average Bonchev–Trinajstić information content (AvgIpc) is 2.72. The predicted molar refractivity (Wildman–Crippen MR) is 89.2 cm³/mol. The van der Waals surface area contributed by atoms with Crippen LogP contribution < -0.4 is 5.32 Å². The lowest BCUT2D eigenvalue weighted by atomic mass is 10.1. The molecule has 1 aromatic carbocycles. The van der Waals surface area contributed by atoms with Crippen molar-refractivity contribution < 1.29 is 4.79 Å². The van der Waals surface area contributed by atoms with Crippen molar-refractivity contribution in [2.24, 2.45) is 7.05 Å². The summed E-state index contributed by atoms with van der Waals surface area (Å²) in [6, 6.07) is 7.70. The maximum Gasteiger partial charge on any atom is 0.321 e. The Labute approximate surface area is 131 Å². The Bertz CT molecular complexity index is 658. The molecule has 0 aliphatic heterocycles. The minimum absolute atomic E-state index is 0.0944. The van der Waals surface area contributed by atoms with Crippen LogP contribution in [0.15, 0.2) is 24.3 Å². The molecule has 1 heterocycles. The summed E-state index contributed by atoms with van der Waals surface area (Å²) in [4.78, 5) is 13.9. The first-order chi connectivity index (χ1) is 10.4. The lowest BCUT2D eigenvalue weighted by Gasteiger charge is -2.18. The quantitative estimate of drug-likeness (QED) is 0.943. The zero-order valence-electron chi connectivity index (χ0n) is 14.0. The number of hydrogen-bond acceptors (Lipinski definition) is 2. The van der Waals surface area contributed by atoms with Gasteiger partial charge in [-0.15, -0.1) is 0 Å². The lowest BCUT2D eigenvalue weighted by molar-refractivity contribution is 0.223. The number of likely N-dealkylation sites (N-methyl/N-ethyl adjacent to an activating group) is 1. The Balaban J connectivity index is 1.92. The number of urea groups is 1. The molecule has 2 rings (SSSR count). The molecule has 0 aliphatic rings. The standard InChI is InChI=1S/C17H24N4O/c1-12-6-8-15(9-7-12)18-17(22)20(4)11-10-16-13(2)19-21(5)14(16)3/h6-9H,10-11H2,1-5H3,(H,18,22). The number of carbonyl (C=O) groups is 1. The van der Waals surface area contributed by atoms with Crippen molar-refractivity contribution in [3.8, 4) is 0 Å². The van der Waals surface area contributed by atoms with Gasteiger partial charge in [-0.05, 0) is 44.9 Å². The molecule has 0 saturated heterocycles. The Morgan fingerprint density at radius 1 is 1.23 bits per heavy atom. The van der Waals surface area contributed by atoms with Gasteiger partial charge in [-0.25, -0.2) is 4.79 Å². The molecular weight excluding hydrogens is 276 g/mol. The van der Waals surface area contributed by atoms with Crippen molar-refractivity contribution in [3.63, 3.8) is 0 Å². The summed E-state index contributed by atoms with van der Waals surface area (Å²) in [5, 5.41) is 7.31. The van der Waals surface area contributed by atoms with E-state index in [2.05, 4.69) is 17.3 Å². The topological polar surface area (TPSA) is 50.2 Å². The molecule has 2 aromatic rings. The Kier molecular flexibility index (Phi) is 4.85. The Morgan fingerprint density at radius 2 is 1.86 bits per heavy atom. The summed E-state index contributed by atoms with van der Waals surface area (Å²) >= 11 is 0. The van der Waals surface area contributed by atoms with Crippen LogP contribution in [-0.2, 0) is 13.5 Å². The van der Waals surface area contributed by atoms with Gasteiger partial charge in [-0.3, -0.25) is 4.68 Å². The van der Waals surface area contributed by atoms with Crippen molar-refractivity contribution in [3.05, 3.63) is 46.8 Å². The van der Waals surface area contributed by atoms with Gasteiger partial charge in [-0.2, -0.15) is 5.10 Å². The predicted octanol–water partition coefficient (Wildman–Crippen LogP) is 3.05. The van der Waals surface area contributed by atoms with Gasteiger partial charge in [0, 0.05) is 32.0 Å². The van der Waals surface area contributed by atoms with Gasteiger partial charge in [0.15, 0.2) is 0 Å². The summed E-state index contributed by atoms with van der Waals surface area (Å²) in [5.41, 5.74) is 5.40. The van der Waals surface area contributed by atoms with Gasteiger partial charge in [0.05, 0.1) is 5.69 Å². The van der Waals surface area contributed by atoms with E-state index in [1.54, 1.807) is 4.90 Å². The number of benzene rings is 1. The lowest BCUT2D eigenvalue weighted by Crippen LogP contribution is -2.33. The van der Waals surface area contributed by atoms with Gasteiger partial charge in [0.1, 0.15) is 0 Å². The number of rotatable bonds is 4. The maximum absolute atomic E-state index is 12.2. The summed E-state index contributed by atoms with van der Waals surface area (Å²) in [6.45, 7) is 6.75. The monoisotopic (exact) mass is 300 g/mol. The molecule has 0 saturated carbocycles. The van der Waals surface area contributed by atoms with Crippen LogP contribution in [0.2, 0.25) is 0 Å². The minimum atomic E-state index is -0.0944. The van der Waals surface area contributed by atoms with E-state index in [0.29, 0.717) is 6.54 Å². The van der Waals surface area contributed by atoms with Crippen LogP contribution in [0.25, 0.3) is 0 Å². The van der Waals surface area contributed by atoms with Crippen LogP contribution in [0.5, 0.6) is 0 Å². The first-order valence-corrected chi connectivity index (χ1v) is 7.46. The Morgan fingerprint density at radius 3 is 2.41 bits per heavy atom. The van der Waals surface area contributed by atoms with Crippen LogP contribution in [0.4, 0.5) is 10.5 Å². The molecule has 5 nitrogen and oxygen atoms in total. The molecule has 1 aromatic heterocycles. The van der Waals surface area contributed by atoms with Crippen molar-refractivity contribution in [1.82, 2.24) is 14.7 Å². The fraction of sp³-hybridized carbons (Fsp3) is 0.412. The summed E-state index contributed by atoms with van der Waals surface area (Å²) < 4.78 is 1.89. The van der Waals surface area contributed by atoms with Crippen molar-refractivity contribution >= 4 is 11.7 Å². The van der Waals surface area contributed by atoms with E-state index in [1.807, 2.05) is 56.9 Å².